The van der Waals surface area contributed by atoms with Gasteiger partial charge >= 0.3 is 0 Å². The molecule has 0 saturated heterocycles. The van der Waals surface area contributed by atoms with Gasteiger partial charge in [0.15, 0.2) is 0 Å². The van der Waals surface area contributed by atoms with Gasteiger partial charge in [-0.1, -0.05) is 0 Å². The van der Waals surface area contributed by atoms with Gasteiger partial charge in [0.2, 0.25) is 0 Å². The molecule has 0 bridgehead atoms. The average Bonchev–Trinajstić information content (AvgIpc) is 2.03. The van der Waals surface area contributed by atoms with Gasteiger partial charge < -0.3 is 10.2 Å². The van der Waals surface area contributed by atoms with E-state index in [1.807, 2.05) is 38.5 Å². The van der Waals surface area contributed by atoms with Crippen LogP contribution >= 0.6 is 0 Å². The number of hydrogen-bond donors (Lipinski definition) is 1. The highest BCUT2D eigenvalue weighted by Gasteiger charge is 2.18. The van der Waals surface area contributed by atoms with Crippen molar-refractivity contribution in [2.75, 3.05) is 7.05 Å². The molecule has 1 rings (SSSR count). The summed E-state index contributed by atoms with van der Waals surface area (Å²) in [6, 6.07) is 0. The van der Waals surface area contributed by atoms with E-state index in [2.05, 4.69) is 22.2 Å². The molecule has 0 spiro atoms. The summed E-state index contributed by atoms with van der Waals surface area (Å²) >= 11 is 0. The second-order valence-corrected chi connectivity index (χ2v) is 3.40. The Labute approximate surface area is 73.4 Å². The number of nitrogens with zero attached hydrogens (tertiary/aromatic N) is 3. The molecule has 1 unspecified atom stereocenters. The first-order chi connectivity index (χ1) is 5.55. The molecule has 4 nitrogen and oxygen atoms in total. The quantitative estimate of drug-likeness (QED) is 0.658. The van der Waals surface area contributed by atoms with E-state index in [0.717, 1.165) is 0 Å². The molecule has 12 heavy (non-hydrogen) atoms. The maximum absolute atomic E-state index is 4.28. The molecule has 1 N–H and O–H groups in total. The summed E-state index contributed by atoms with van der Waals surface area (Å²) in [7, 11) is 1.91. The molecule has 1 atom stereocenters. The highest BCUT2D eigenvalue weighted by molar-refractivity contribution is 5.78. The Morgan fingerprint density at radius 3 is 2.25 bits per heavy atom. The number of nitrogens with one attached hydrogen (secondary N) is 1. The van der Waals surface area contributed by atoms with Crippen LogP contribution in [0.2, 0.25) is 0 Å². The molecule has 0 amide bonds. The van der Waals surface area contributed by atoms with Crippen LogP contribution in [0.5, 0.6) is 0 Å². The average molecular weight is 168 g/mol. The Hall–Kier alpha value is -0.900. The molecule has 0 aromatic heterocycles. The first-order valence-corrected chi connectivity index (χ1v) is 4.10. The van der Waals surface area contributed by atoms with Gasteiger partial charge in [0.05, 0.1) is 18.8 Å². The SMILES string of the molecule is CNC(C)N1C=NC(C)(C)N=C1. The lowest BCUT2D eigenvalue weighted by atomic mass is 10.3. The maximum Gasteiger partial charge on any atom is 0.147 e. The highest BCUT2D eigenvalue weighted by atomic mass is 15.3. The van der Waals surface area contributed by atoms with Crippen molar-refractivity contribution < 1.29 is 0 Å². The van der Waals surface area contributed by atoms with E-state index in [1.165, 1.54) is 0 Å². The first-order valence-electron chi connectivity index (χ1n) is 4.10. The van der Waals surface area contributed by atoms with Crippen LogP contribution in [0.15, 0.2) is 9.98 Å². The van der Waals surface area contributed by atoms with Crippen molar-refractivity contribution in [3.8, 4) is 0 Å². The largest absolute Gasteiger partial charge is 0.308 e. The molecule has 0 saturated carbocycles. The summed E-state index contributed by atoms with van der Waals surface area (Å²) in [6.45, 7) is 6.00. The summed E-state index contributed by atoms with van der Waals surface area (Å²) < 4.78 is 0. The summed E-state index contributed by atoms with van der Waals surface area (Å²) in [4.78, 5) is 10.5. The zero-order valence-electron chi connectivity index (χ0n) is 8.07. The molecule has 68 valence electrons. The summed E-state index contributed by atoms with van der Waals surface area (Å²) in [6.07, 6.45) is 3.87. The van der Waals surface area contributed by atoms with Crippen LogP contribution in [0.3, 0.4) is 0 Å². The van der Waals surface area contributed by atoms with Crippen molar-refractivity contribution in [3.63, 3.8) is 0 Å². The number of rotatable bonds is 2. The van der Waals surface area contributed by atoms with Crippen molar-refractivity contribution in [1.82, 2.24) is 10.2 Å². The van der Waals surface area contributed by atoms with Crippen LogP contribution in [0.25, 0.3) is 0 Å². The predicted octanol–water partition coefficient (Wildman–Crippen LogP) is 0.660. The van der Waals surface area contributed by atoms with Crippen molar-refractivity contribution in [1.29, 1.82) is 0 Å². The van der Waals surface area contributed by atoms with Crippen LogP contribution < -0.4 is 5.32 Å². The number of hydrogen-bond acceptors (Lipinski definition) is 4. The summed E-state index contributed by atoms with van der Waals surface area (Å²) in [5.74, 6) is 0. The Bertz CT molecular complexity index is 191. The molecular weight excluding hydrogens is 152 g/mol. The molecule has 4 heteroatoms. The third-order valence-electron chi connectivity index (χ3n) is 1.88. The van der Waals surface area contributed by atoms with Gasteiger partial charge in [-0.05, 0) is 27.8 Å². The fourth-order valence-corrected chi connectivity index (χ4v) is 0.828. The minimum Gasteiger partial charge on any atom is -0.308 e. The zero-order chi connectivity index (χ0) is 9.19. The van der Waals surface area contributed by atoms with Gasteiger partial charge in [-0.25, -0.2) is 9.98 Å². The standard InChI is InChI=1S/C8H16N4/c1-7(9-4)12-5-10-8(2,3)11-6-12/h5-7,9H,1-4H3. The van der Waals surface area contributed by atoms with Gasteiger partial charge in [-0.15, -0.1) is 0 Å². The second-order valence-electron chi connectivity index (χ2n) is 3.40. The van der Waals surface area contributed by atoms with Crippen LogP contribution in [0.4, 0.5) is 0 Å². The fourth-order valence-electron chi connectivity index (χ4n) is 0.828. The van der Waals surface area contributed by atoms with E-state index in [1.54, 1.807) is 0 Å². The zero-order valence-corrected chi connectivity index (χ0v) is 8.07. The third kappa shape index (κ3) is 2.04. The van der Waals surface area contributed by atoms with Crippen LogP contribution in [-0.4, -0.2) is 36.5 Å². The van der Waals surface area contributed by atoms with E-state index in [0.29, 0.717) is 0 Å². The van der Waals surface area contributed by atoms with E-state index in [-0.39, 0.29) is 11.8 Å². The molecular formula is C8H16N4. The normalized spacial score (nSPS) is 22.8. The van der Waals surface area contributed by atoms with Gasteiger partial charge in [-0.2, -0.15) is 0 Å². The minimum atomic E-state index is -0.288. The fraction of sp³-hybridized carbons (Fsp3) is 0.750. The second kappa shape index (κ2) is 3.23. The van der Waals surface area contributed by atoms with Crippen LogP contribution in [0, 0.1) is 0 Å². The van der Waals surface area contributed by atoms with Gasteiger partial charge in [0.25, 0.3) is 0 Å². The van der Waals surface area contributed by atoms with Gasteiger partial charge in [0, 0.05) is 0 Å². The van der Waals surface area contributed by atoms with Crippen molar-refractivity contribution in [3.05, 3.63) is 0 Å². The molecule has 0 fully saturated rings. The first kappa shape index (κ1) is 9.19. The molecule has 1 aliphatic heterocycles. The lowest BCUT2D eigenvalue weighted by Crippen LogP contribution is -2.43. The molecule has 1 aliphatic rings. The van der Waals surface area contributed by atoms with Crippen molar-refractivity contribution in [2.45, 2.75) is 32.6 Å². The lowest BCUT2D eigenvalue weighted by molar-refractivity contribution is 0.403. The van der Waals surface area contributed by atoms with Gasteiger partial charge in [0.1, 0.15) is 5.66 Å². The van der Waals surface area contributed by atoms with Crippen LogP contribution in [-0.2, 0) is 0 Å². The number of aliphatic imine (C=N–C) groups is 2. The molecule has 0 aromatic carbocycles. The lowest BCUT2D eigenvalue weighted by Gasteiger charge is -2.28. The maximum atomic E-state index is 4.28. The summed E-state index contributed by atoms with van der Waals surface area (Å²) in [5.41, 5.74) is -0.288. The summed E-state index contributed by atoms with van der Waals surface area (Å²) in [5, 5.41) is 3.11. The Morgan fingerprint density at radius 2 is 1.83 bits per heavy atom. The molecule has 1 heterocycles. The Balaban J connectivity index is 2.61. The molecule has 0 radical (unpaired) electrons. The van der Waals surface area contributed by atoms with E-state index in [9.17, 15) is 0 Å². The van der Waals surface area contributed by atoms with Gasteiger partial charge in [-0.3, -0.25) is 0 Å². The third-order valence-corrected chi connectivity index (χ3v) is 1.88. The van der Waals surface area contributed by atoms with Crippen LogP contribution in [0.1, 0.15) is 20.8 Å². The molecule has 0 aromatic rings. The minimum absolute atomic E-state index is 0.244. The topological polar surface area (TPSA) is 40.0 Å². The highest BCUT2D eigenvalue weighted by Crippen LogP contribution is 2.12. The van der Waals surface area contributed by atoms with Crippen molar-refractivity contribution in [2.24, 2.45) is 9.98 Å². The Morgan fingerprint density at radius 1 is 1.33 bits per heavy atom. The monoisotopic (exact) mass is 168 g/mol. The van der Waals surface area contributed by atoms with E-state index >= 15 is 0 Å². The van der Waals surface area contributed by atoms with Crippen molar-refractivity contribution >= 4 is 12.7 Å². The van der Waals surface area contributed by atoms with E-state index < -0.39 is 0 Å². The smallest absolute Gasteiger partial charge is 0.147 e. The Kier molecular flexibility index (Phi) is 2.47. The molecule has 0 aliphatic carbocycles. The predicted molar refractivity (Wildman–Crippen MR) is 51.4 cm³/mol. The van der Waals surface area contributed by atoms with E-state index in [4.69, 9.17) is 0 Å².